The Morgan fingerprint density at radius 2 is 1.70 bits per heavy atom. The summed E-state index contributed by atoms with van der Waals surface area (Å²) in [6.07, 6.45) is 10.1. The Morgan fingerprint density at radius 1 is 1.05 bits per heavy atom. The van der Waals surface area contributed by atoms with Crippen LogP contribution in [0.25, 0.3) is 0 Å². The third-order valence-electron chi connectivity index (χ3n) is 5.41. The van der Waals surface area contributed by atoms with Crippen molar-refractivity contribution < 1.29 is 9.47 Å². The van der Waals surface area contributed by atoms with Gasteiger partial charge < -0.3 is 19.7 Å². The van der Waals surface area contributed by atoms with Gasteiger partial charge in [0.25, 0.3) is 0 Å². The minimum Gasteiger partial charge on any atom is -0.348 e. The van der Waals surface area contributed by atoms with Crippen molar-refractivity contribution in [3.63, 3.8) is 0 Å². The molecule has 2 saturated carbocycles. The van der Waals surface area contributed by atoms with E-state index >= 15 is 0 Å². The van der Waals surface area contributed by atoms with Crippen molar-refractivity contribution in [2.45, 2.75) is 69.2 Å². The van der Waals surface area contributed by atoms with E-state index < -0.39 is 0 Å². The number of nitrogens with one attached hydrogen (secondary N) is 1. The number of rotatable bonds is 5. The smallest absolute Gasteiger partial charge is 0.168 e. The van der Waals surface area contributed by atoms with Crippen LogP contribution in [0.1, 0.15) is 51.4 Å². The predicted octanol–water partition coefficient (Wildman–Crippen LogP) is 2.14. The Bertz CT molecular complexity index is 289. The van der Waals surface area contributed by atoms with Gasteiger partial charge in [0.1, 0.15) is 0 Å². The maximum absolute atomic E-state index is 5.78. The summed E-state index contributed by atoms with van der Waals surface area (Å²) < 4.78 is 11.6. The standard InChI is InChI=1S/C16H30N2O2/c1-18(15-4-2-3-5-15)11-10-17-14-6-8-16(9-7-14)19-12-13-20-16/h14-15,17H,2-13H2,1H3. The zero-order valence-electron chi connectivity index (χ0n) is 12.9. The van der Waals surface area contributed by atoms with Crippen LogP contribution in [0.4, 0.5) is 0 Å². The Morgan fingerprint density at radius 3 is 2.35 bits per heavy atom. The predicted molar refractivity (Wildman–Crippen MR) is 79.8 cm³/mol. The van der Waals surface area contributed by atoms with Gasteiger partial charge in [-0.2, -0.15) is 0 Å². The SMILES string of the molecule is CN(CCNC1CCC2(CC1)OCCO2)C1CCCC1. The first kappa shape index (κ1) is 14.8. The monoisotopic (exact) mass is 282 g/mol. The molecule has 4 heteroatoms. The minimum absolute atomic E-state index is 0.210. The molecular formula is C16H30N2O2. The van der Waals surface area contributed by atoms with E-state index in [2.05, 4.69) is 17.3 Å². The second-order valence-electron chi connectivity index (χ2n) is 6.75. The summed E-state index contributed by atoms with van der Waals surface area (Å²) in [5.74, 6) is -0.210. The van der Waals surface area contributed by atoms with Gasteiger partial charge >= 0.3 is 0 Å². The Balaban J connectivity index is 1.31. The van der Waals surface area contributed by atoms with Gasteiger partial charge in [-0.3, -0.25) is 0 Å². The molecule has 4 nitrogen and oxygen atoms in total. The summed E-state index contributed by atoms with van der Waals surface area (Å²) >= 11 is 0. The molecule has 0 atom stereocenters. The lowest BCUT2D eigenvalue weighted by molar-refractivity contribution is -0.179. The van der Waals surface area contributed by atoms with Crippen LogP contribution in [0.5, 0.6) is 0 Å². The lowest BCUT2D eigenvalue weighted by atomic mass is 9.90. The van der Waals surface area contributed by atoms with E-state index in [4.69, 9.17) is 9.47 Å². The minimum atomic E-state index is -0.210. The first-order valence-corrected chi connectivity index (χ1v) is 8.49. The maximum Gasteiger partial charge on any atom is 0.168 e. The summed E-state index contributed by atoms with van der Waals surface area (Å²) in [5.41, 5.74) is 0. The van der Waals surface area contributed by atoms with Crippen LogP contribution in [-0.2, 0) is 9.47 Å². The van der Waals surface area contributed by atoms with E-state index in [1.54, 1.807) is 0 Å². The van der Waals surface area contributed by atoms with Gasteiger partial charge in [0, 0.05) is 38.0 Å². The van der Waals surface area contributed by atoms with Crippen molar-refractivity contribution in [2.24, 2.45) is 0 Å². The second kappa shape index (κ2) is 6.73. The molecule has 3 rings (SSSR count). The van der Waals surface area contributed by atoms with Crippen LogP contribution >= 0.6 is 0 Å². The van der Waals surface area contributed by atoms with E-state index in [0.29, 0.717) is 6.04 Å². The molecule has 1 aliphatic heterocycles. The molecular weight excluding hydrogens is 252 g/mol. The molecule has 0 aromatic rings. The molecule has 116 valence electrons. The van der Waals surface area contributed by atoms with Gasteiger partial charge in [-0.15, -0.1) is 0 Å². The van der Waals surface area contributed by atoms with Gasteiger partial charge in [-0.25, -0.2) is 0 Å². The number of nitrogens with zero attached hydrogens (tertiary/aromatic N) is 1. The highest BCUT2D eigenvalue weighted by Crippen LogP contribution is 2.35. The van der Waals surface area contributed by atoms with E-state index in [1.807, 2.05) is 0 Å². The molecule has 0 amide bonds. The molecule has 1 heterocycles. The Kier molecular flexibility index (Phi) is 4.97. The number of hydrogen-bond acceptors (Lipinski definition) is 4. The first-order chi connectivity index (χ1) is 9.77. The van der Waals surface area contributed by atoms with Gasteiger partial charge in [-0.1, -0.05) is 12.8 Å². The lowest BCUT2D eigenvalue weighted by Gasteiger charge is -2.36. The highest BCUT2D eigenvalue weighted by atomic mass is 16.7. The Labute approximate surface area is 123 Å². The summed E-state index contributed by atoms with van der Waals surface area (Å²) in [7, 11) is 2.29. The molecule has 1 N–H and O–H groups in total. The van der Waals surface area contributed by atoms with Crippen LogP contribution in [0, 0.1) is 0 Å². The molecule has 0 radical (unpaired) electrons. The number of hydrogen-bond donors (Lipinski definition) is 1. The fraction of sp³-hybridized carbons (Fsp3) is 1.00. The van der Waals surface area contributed by atoms with Gasteiger partial charge in [0.05, 0.1) is 13.2 Å². The zero-order chi connectivity index (χ0) is 13.8. The molecule has 0 aromatic carbocycles. The third-order valence-corrected chi connectivity index (χ3v) is 5.41. The van der Waals surface area contributed by atoms with Gasteiger partial charge in [0.15, 0.2) is 5.79 Å². The second-order valence-corrected chi connectivity index (χ2v) is 6.75. The van der Waals surface area contributed by atoms with Crippen LogP contribution in [0.3, 0.4) is 0 Å². The molecule has 0 bridgehead atoms. The van der Waals surface area contributed by atoms with Crippen molar-refractivity contribution in [1.82, 2.24) is 10.2 Å². The van der Waals surface area contributed by atoms with Crippen molar-refractivity contribution in [1.29, 1.82) is 0 Å². The van der Waals surface area contributed by atoms with Crippen molar-refractivity contribution in [3.05, 3.63) is 0 Å². The molecule has 3 fully saturated rings. The summed E-state index contributed by atoms with van der Waals surface area (Å²) in [5, 5.41) is 3.73. The topological polar surface area (TPSA) is 33.7 Å². The highest BCUT2D eigenvalue weighted by molar-refractivity contribution is 4.85. The van der Waals surface area contributed by atoms with Crippen LogP contribution in [-0.4, -0.2) is 56.1 Å². The van der Waals surface area contributed by atoms with Gasteiger partial charge in [-0.05, 0) is 32.7 Å². The molecule has 1 spiro atoms. The molecule has 20 heavy (non-hydrogen) atoms. The van der Waals surface area contributed by atoms with E-state index in [0.717, 1.165) is 38.6 Å². The van der Waals surface area contributed by atoms with E-state index in [9.17, 15) is 0 Å². The van der Waals surface area contributed by atoms with Crippen molar-refractivity contribution in [3.8, 4) is 0 Å². The van der Waals surface area contributed by atoms with Crippen molar-refractivity contribution >= 4 is 0 Å². The largest absolute Gasteiger partial charge is 0.348 e. The average molecular weight is 282 g/mol. The summed E-state index contributed by atoms with van der Waals surface area (Å²) in [6.45, 7) is 3.86. The van der Waals surface area contributed by atoms with E-state index in [1.165, 1.54) is 45.1 Å². The summed E-state index contributed by atoms with van der Waals surface area (Å²) in [4.78, 5) is 2.55. The van der Waals surface area contributed by atoms with Crippen LogP contribution < -0.4 is 5.32 Å². The van der Waals surface area contributed by atoms with Crippen LogP contribution in [0.15, 0.2) is 0 Å². The maximum atomic E-state index is 5.78. The molecule has 0 aromatic heterocycles. The highest BCUT2D eigenvalue weighted by Gasteiger charge is 2.40. The average Bonchev–Trinajstić information content (AvgIpc) is 3.13. The third kappa shape index (κ3) is 3.53. The first-order valence-electron chi connectivity index (χ1n) is 8.49. The molecule has 1 saturated heterocycles. The lowest BCUT2D eigenvalue weighted by Crippen LogP contribution is -2.44. The normalized spacial score (nSPS) is 27.9. The number of likely N-dealkylation sites (N-methyl/N-ethyl adjacent to an activating group) is 1. The van der Waals surface area contributed by atoms with Crippen LogP contribution in [0.2, 0.25) is 0 Å². The molecule has 2 aliphatic carbocycles. The van der Waals surface area contributed by atoms with E-state index in [-0.39, 0.29) is 5.79 Å². The fourth-order valence-corrected chi connectivity index (χ4v) is 4.02. The van der Waals surface area contributed by atoms with Gasteiger partial charge in [0.2, 0.25) is 0 Å². The number of ether oxygens (including phenoxy) is 2. The quantitative estimate of drug-likeness (QED) is 0.837. The fourth-order valence-electron chi connectivity index (χ4n) is 4.02. The molecule has 0 unspecified atom stereocenters. The molecule has 3 aliphatic rings. The summed E-state index contributed by atoms with van der Waals surface area (Å²) in [6, 6.07) is 1.50. The Hall–Kier alpha value is -0.160. The van der Waals surface area contributed by atoms with Crippen molar-refractivity contribution in [2.75, 3.05) is 33.4 Å². The zero-order valence-corrected chi connectivity index (χ0v) is 12.9.